The normalized spacial score (nSPS) is 43.1. The van der Waals surface area contributed by atoms with Gasteiger partial charge in [-0.15, -0.1) is 0 Å². The van der Waals surface area contributed by atoms with Gasteiger partial charge in [0.1, 0.15) is 0 Å². The van der Waals surface area contributed by atoms with Crippen LogP contribution in [0, 0.1) is 11.3 Å². The molecule has 172 valence electrons. The molecular formula is C31H37NO. The monoisotopic (exact) mass is 442 g/mol. The highest BCUT2D eigenvalue weighted by Gasteiger charge is 2.66. The largest absolute Gasteiger partial charge is 0.359 e. The molecule has 2 spiro atoms. The van der Waals surface area contributed by atoms with E-state index in [0.29, 0.717) is 11.8 Å². The molecule has 2 aromatic carbocycles. The van der Waals surface area contributed by atoms with Crippen LogP contribution in [0.5, 0.6) is 0 Å². The smallest absolute Gasteiger partial charge is 0.0974 e. The number of hydrogen-bond acceptors (Lipinski definition) is 2. The molecule has 0 N–H and O–H groups in total. The van der Waals surface area contributed by atoms with Crippen LogP contribution in [0.15, 0.2) is 65.8 Å². The van der Waals surface area contributed by atoms with Crippen molar-refractivity contribution in [3.8, 4) is 0 Å². The summed E-state index contributed by atoms with van der Waals surface area (Å²) in [6.07, 6.45) is 13.3. The number of benzene rings is 2. The number of fused-ring (bicyclic) bond motifs is 2. The van der Waals surface area contributed by atoms with Gasteiger partial charge in [0.15, 0.2) is 0 Å². The first-order valence-corrected chi connectivity index (χ1v) is 13.0. The topological polar surface area (TPSA) is 12.5 Å². The highest BCUT2D eigenvalue weighted by molar-refractivity contribution is 5.83. The Hall–Kier alpha value is -1.90. The van der Waals surface area contributed by atoms with E-state index >= 15 is 0 Å². The van der Waals surface area contributed by atoms with Crippen molar-refractivity contribution in [2.75, 3.05) is 14.0 Å². The van der Waals surface area contributed by atoms with Crippen molar-refractivity contribution in [1.29, 1.82) is 0 Å². The lowest BCUT2D eigenvalue weighted by molar-refractivity contribution is -0.139. The van der Waals surface area contributed by atoms with Crippen LogP contribution >= 0.6 is 0 Å². The molecule has 3 fully saturated rings. The number of rotatable bonds is 2. The average molecular weight is 443 g/mol. The van der Waals surface area contributed by atoms with E-state index in [1.54, 1.807) is 11.9 Å². The molecule has 0 aromatic heterocycles. The fourth-order valence-electron chi connectivity index (χ4n) is 8.69. The maximum atomic E-state index is 7.95. The molecule has 2 aromatic rings. The van der Waals surface area contributed by atoms with E-state index in [9.17, 15) is 0 Å². The predicted octanol–water partition coefficient (Wildman–Crippen LogP) is 7.01. The van der Waals surface area contributed by atoms with Crippen molar-refractivity contribution in [3.05, 3.63) is 71.3 Å². The van der Waals surface area contributed by atoms with Crippen molar-refractivity contribution < 1.29 is 8.85 Å². The zero-order valence-electron chi connectivity index (χ0n) is 22.9. The molecule has 3 aliphatic carbocycles. The maximum Gasteiger partial charge on any atom is 0.0974 e. The Balaban J connectivity index is 1.24. The molecule has 5 aliphatic rings. The van der Waals surface area contributed by atoms with Gasteiger partial charge in [-0.3, -0.25) is 0 Å². The van der Waals surface area contributed by atoms with Crippen LogP contribution in [0.25, 0.3) is 10.8 Å². The summed E-state index contributed by atoms with van der Waals surface area (Å²) in [6, 6.07) is 15.8. The number of ether oxygens (including phenoxy) is 1. The Morgan fingerprint density at radius 1 is 1.06 bits per heavy atom. The summed E-state index contributed by atoms with van der Waals surface area (Å²) >= 11 is 0. The number of allylic oxidation sites excluding steroid dienone is 1. The molecule has 0 radical (unpaired) electrons. The van der Waals surface area contributed by atoms with Gasteiger partial charge in [-0.05, 0) is 110 Å². The molecule has 7 rings (SSSR count). The lowest BCUT2D eigenvalue weighted by Crippen LogP contribution is -2.55. The second kappa shape index (κ2) is 6.83. The van der Waals surface area contributed by atoms with Crippen molar-refractivity contribution in [3.63, 3.8) is 0 Å². The van der Waals surface area contributed by atoms with Crippen LogP contribution in [0.4, 0.5) is 0 Å². The summed E-state index contributed by atoms with van der Waals surface area (Å²) in [4.78, 5) is 1.62. The molecule has 1 saturated heterocycles. The molecule has 2 saturated carbocycles. The van der Waals surface area contributed by atoms with Crippen molar-refractivity contribution in [2.24, 2.45) is 11.3 Å². The summed E-state index contributed by atoms with van der Waals surface area (Å²) in [7, 11) is 1.77. The molecule has 0 amide bonds. The molecule has 2 heterocycles. The molecule has 2 heteroatoms. The first-order valence-electron chi connectivity index (χ1n) is 14.5. The minimum atomic E-state index is -2.06. The Morgan fingerprint density at radius 3 is 2.82 bits per heavy atom. The van der Waals surface area contributed by atoms with E-state index < -0.39 is 6.98 Å². The lowest BCUT2D eigenvalue weighted by atomic mass is 9.58. The van der Waals surface area contributed by atoms with Gasteiger partial charge in [-0.2, -0.15) is 0 Å². The second-order valence-electron chi connectivity index (χ2n) is 11.8. The zero-order valence-corrected chi connectivity index (χ0v) is 19.9. The molecule has 2 aliphatic heterocycles. The van der Waals surface area contributed by atoms with Crippen LogP contribution in [0.2, 0.25) is 0 Å². The highest BCUT2D eigenvalue weighted by Crippen LogP contribution is 2.69. The van der Waals surface area contributed by atoms with E-state index in [0.717, 1.165) is 38.5 Å². The summed E-state index contributed by atoms with van der Waals surface area (Å²) in [5, 5.41) is 2.64. The number of hydrogen-bond donors (Lipinski definition) is 0. The highest BCUT2D eigenvalue weighted by atomic mass is 16.5. The van der Waals surface area contributed by atoms with Gasteiger partial charge in [-0.1, -0.05) is 61.5 Å². The molecule has 6 atom stereocenters. The summed E-state index contributed by atoms with van der Waals surface area (Å²) in [6.45, 7) is 0.465. The van der Waals surface area contributed by atoms with Crippen LogP contribution in [0.1, 0.15) is 73.9 Å². The van der Waals surface area contributed by atoms with Crippen LogP contribution in [-0.4, -0.2) is 36.2 Å². The third-order valence-electron chi connectivity index (χ3n) is 10.4. The van der Waals surface area contributed by atoms with Gasteiger partial charge >= 0.3 is 0 Å². The third-order valence-corrected chi connectivity index (χ3v) is 10.4. The van der Waals surface area contributed by atoms with Crippen molar-refractivity contribution in [1.82, 2.24) is 4.90 Å². The Morgan fingerprint density at radius 2 is 1.94 bits per heavy atom. The maximum absolute atomic E-state index is 7.95. The summed E-state index contributed by atoms with van der Waals surface area (Å²) in [5.74, 6) is 1.03. The standard InChI is InChI=1S/C31H37NO/c1-29-15-14-25-19-24-10-11-26(32(2)3)20-30(24)16-17-31(25,33-30)28(29)13-12-27(29)23-9-8-21-6-4-5-7-22(21)18-23/h4-9,14,18-19,26-28H,10-13,15-17,20H2,1-3H3/t26-,27?,28-,29-,30-,31?/m1/s1/i2D3. The van der Waals surface area contributed by atoms with E-state index in [2.05, 4.69) is 61.5 Å². The Labute approximate surface area is 202 Å². The van der Waals surface area contributed by atoms with Crippen molar-refractivity contribution in [2.45, 2.75) is 81.5 Å². The number of nitrogens with zero attached hydrogens (tertiary/aromatic N) is 1. The fraction of sp³-hybridized carbons (Fsp3) is 0.548. The van der Waals surface area contributed by atoms with Gasteiger partial charge in [0, 0.05) is 10.2 Å². The first kappa shape index (κ1) is 17.5. The average Bonchev–Trinajstić information content (AvgIpc) is 3.37. The van der Waals surface area contributed by atoms with Crippen LogP contribution in [0.3, 0.4) is 0 Å². The van der Waals surface area contributed by atoms with E-state index in [4.69, 9.17) is 8.85 Å². The molecule has 2 bridgehead atoms. The summed E-state index contributed by atoms with van der Waals surface area (Å²) in [5.41, 5.74) is 4.01. The zero-order chi connectivity index (χ0) is 24.9. The van der Waals surface area contributed by atoms with Crippen molar-refractivity contribution >= 4 is 10.8 Å². The minimum absolute atomic E-state index is 0.0410. The van der Waals surface area contributed by atoms with E-state index in [-0.39, 0.29) is 22.7 Å². The fourth-order valence-corrected chi connectivity index (χ4v) is 8.69. The molecule has 33 heavy (non-hydrogen) atoms. The predicted molar refractivity (Wildman–Crippen MR) is 135 cm³/mol. The molecule has 2 unspecified atom stereocenters. The van der Waals surface area contributed by atoms with E-state index in [1.807, 2.05) is 0 Å². The van der Waals surface area contributed by atoms with Gasteiger partial charge < -0.3 is 9.64 Å². The molecular weight excluding hydrogens is 402 g/mol. The van der Waals surface area contributed by atoms with Gasteiger partial charge in [0.25, 0.3) is 0 Å². The Bertz CT molecular complexity index is 1300. The SMILES string of the molecule is [2H]C([2H])([2H])N(C)[C@@H]1CCC2=CC3=CC[C@]4(C)C(c5ccc6ccccc6c5)CC[C@H]4C34CC[C@]2(C1)O4. The first-order chi connectivity index (χ1) is 17.1. The van der Waals surface area contributed by atoms with Gasteiger partial charge in [-0.25, -0.2) is 0 Å². The lowest BCUT2D eigenvalue weighted by Gasteiger charge is -2.54. The molecule has 2 nitrogen and oxygen atoms in total. The van der Waals surface area contributed by atoms with Gasteiger partial charge in [0.05, 0.1) is 11.2 Å². The second-order valence-corrected chi connectivity index (χ2v) is 11.8. The van der Waals surface area contributed by atoms with Gasteiger partial charge in [0.2, 0.25) is 0 Å². The van der Waals surface area contributed by atoms with Crippen LogP contribution in [-0.2, 0) is 4.74 Å². The van der Waals surface area contributed by atoms with Crippen LogP contribution < -0.4 is 0 Å². The minimum Gasteiger partial charge on any atom is -0.359 e. The Kier molecular flexibility index (Phi) is 3.63. The van der Waals surface area contributed by atoms with E-state index in [1.165, 1.54) is 40.3 Å². The summed E-state index contributed by atoms with van der Waals surface area (Å²) < 4.78 is 31.2. The quantitative estimate of drug-likeness (QED) is 0.496. The third kappa shape index (κ3) is 2.68.